The van der Waals surface area contributed by atoms with Crippen LogP contribution < -0.4 is 42.6 Å². The molecule has 23 nitrogen and oxygen atoms in total. The molecule has 0 saturated carbocycles. The van der Waals surface area contributed by atoms with Crippen LogP contribution in [0.4, 0.5) is 0 Å². The summed E-state index contributed by atoms with van der Waals surface area (Å²) in [7, 11) is 2.75. The monoisotopic (exact) mass is 1010 g/mol. The molecule has 23 heteroatoms. The lowest BCUT2D eigenvalue weighted by atomic mass is 9.73. The maximum Gasteiger partial charge on any atom is 0.253 e. The molecule has 0 bridgehead atoms. The Kier molecular flexibility index (Phi) is 14.9. The van der Waals surface area contributed by atoms with Gasteiger partial charge in [0.25, 0.3) is 17.6 Å². The van der Waals surface area contributed by atoms with Crippen LogP contribution in [0.1, 0.15) is 80.3 Å². The average molecular weight is 1020 g/mol. The number of hydrogen-bond donors (Lipinski definition) is 14. The lowest BCUT2D eigenvalue weighted by molar-refractivity contribution is -0.456. The van der Waals surface area contributed by atoms with Crippen molar-refractivity contribution in [1.29, 1.82) is 0 Å². The Morgan fingerprint density at radius 1 is 1.03 bits per heavy atom. The first-order chi connectivity index (χ1) is 34.7. The molecule has 0 radical (unpaired) electrons. The molecule has 2 aliphatic carbocycles. The number of guanidine groups is 1. The van der Waals surface area contributed by atoms with Crippen molar-refractivity contribution in [3.63, 3.8) is 0 Å². The normalized spacial score (nSPS) is 28.3. The first-order valence-corrected chi connectivity index (χ1v) is 23.9. The van der Waals surface area contributed by atoms with Gasteiger partial charge in [-0.1, -0.05) is 19.1 Å². The van der Waals surface area contributed by atoms with E-state index in [-0.39, 0.29) is 96.2 Å². The number of aliphatic hydroxyl groups is 7. The van der Waals surface area contributed by atoms with Crippen molar-refractivity contribution in [2.24, 2.45) is 39.9 Å². The summed E-state index contributed by atoms with van der Waals surface area (Å²) in [5, 5.41) is 102. The Bertz CT molecular complexity index is 2770. The van der Waals surface area contributed by atoms with E-state index < -0.39 is 107 Å². The molecule has 392 valence electrons. The minimum Gasteiger partial charge on any atom is -0.507 e. The van der Waals surface area contributed by atoms with Gasteiger partial charge < -0.3 is 88.2 Å². The summed E-state index contributed by atoms with van der Waals surface area (Å²) in [6.07, 6.45) is 0.247. The molecule has 2 aromatic rings. The minimum atomic E-state index is -3.65. The number of phenolic OH excluding ortho intramolecular Hbond substituents is 1. The van der Waals surface area contributed by atoms with Gasteiger partial charge in [-0.3, -0.25) is 29.1 Å². The van der Waals surface area contributed by atoms with Crippen molar-refractivity contribution in [3.8, 4) is 17.2 Å². The van der Waals surface area contributed by atoms with E-state index in [0.29, 0.717) is 24.0 Å². The quantitative estimate of drug-likeness (QED) is 0.0249. The van der Waals surface area contributed by atoms with Gasteiger partial charge in [-0.2, -0.15) is 0 Å². The maximum atomic E-state index is 15.5. The molecule has 17 N–H and O–H groups in total. The molecular weight excluding hydrogens is 953 g/mol. The van der Waals surface area contributed by atoms with E-state index in [0.717, 1.165) is 22.6 Å². The van der Waals surface area contributed by atoms with Crippen LogP contribution in [-0.4, -0.2) is 151 Å². The van der Waals surface area contributed by atoms with Crippen molar-refractivity contribution < 1.29 is 74.2 Å². The number of aliphatic hydroxyl groups excluding tert-OH is 4. The fraction of sp³-hybridized carbons (Fsp3) is 0.460. The van der Waals surface area contributed by atoms with Crippen molar-refractivity contribution in [2.45, 2.75) is 94.3 Å². The third kappa shape index (κ3) is 9.25. The van der Waals surface area contributed by atoms with E-state index in [4.69, 9.17) is 31.4 Å². The Morgan fingerprint density at radius 3 is 2.36 bits per heavy atom. The maximum absolute atomic E-state index is 15.5. The number of rotatable bonds is 15. The number of imide groups is 1. The van der Waals surface area contributed by atoms with Gasteiger partial charge >= 0.3 is 0 Å². The second kappa shape index (κ2) is 20.7. The Balaban J connectivity index is 1.23. The number of methoxy groups -OCH3 is 1. The first-order valence-electron chi connectivity index (χ1n) is 23.9. The standard InChI is InChI=1S/C50H62N8O15/c1-4-26-31(71-3)17-32(72-46-44(65)45(66)49(69,50(70,73-46)47(67)68)18-25(23-11-13-55-34(52)15-23)21-58-35(60)9-10-36(58)61)39-37(26)42(63)38-27-7-5-22(12-14-59)28(24-6-8-33(51)56-19-24)16-29(27)30(20-57-48(53)54-2)41(62)40(38)43(39)64/h6,8-11,15,17,19,22,25,28,33,44-47,55-56,59,62,65-70H,4-5,7,12-14,16,18,20-21,51-52H2,1-3H3,(H3,53,54,57)/t22-,25+,28+,33?,44+,45+,46+,49-,50+/m0/s1. The fourth-order valence-electron chi connectivity index (χ4n) is 11.0. The van der Waals surface area contributed by atoms with E-state index in [1.165, 1.54) is 26.3 Å². The van der Waals surface area contributed by atoms with Gasteiger partial charge in [-0.25, -0.2) is 0 Å². The van der Waals surface area contributed by atoms with Crippen molar-refractivity contribution in [3.05, 3.63) is 110 Å². The van der Waals surface area contributed by atoms with Crippen molar-refractivity contribution >= 4 is 29.3 Å². The third-order valence-corrected chi connectivity index (χ3v) is 14.9. The molecule has 2 aromatic carbocycles. The largest absolute Gasteiger partial charge is 0.507 e. The van der Waals surface area contributed by atoms with E-state index in [1.54, 1.807) is 19.1 Å². The van der Waals surface area contributed by atoms with Crippen LogP contribution in [0.25, 0.3) is 0 Å². The number of aliphatic imine (C=N–C) groups is 1. The van der Waals surface area contributed by atoms with Crippen LogP contribution >= 0.6 is 0 Å². The molecule has 0 aromatic heterocycles. The highest BCUT2D eigenvalue weighted by Gasteiger charge is 2.68. The zero-order valence-electron chi connectivity index (χ0n) is 40.4. The van der Waals surface area contributed by atoms with Gasteiger partial charge in [0.15, 0.2) is 17.3 Å². The minimum absolute atomic E-state index is 0.0102. The number of fused-ring (bicyclic) bond motifs is 4. The number of carbonyl (C=O) groups excluding carboxylic acids is 4. The van der Waals surface area contributed by atoms with Crippen LogP contribution in [-0.2, 0) is 40.1 Å². The van der Waals surface area contributed by atoms with Crippen molar-refractivity contribution in [1.82, 2.24) is 20.9 Å². The van der Waals surface area contributed by atoms with Gasteiger partial charge in [0.1, 0.15) is 29.5 Å². The molecule has 9 atom stereocenters. The SMILES string of the molecule is CCc1c(OC)cc(O[C@@H]2O[C@](O)(C(O)O)[C@](O)(C[C@H](CN3C(=O)C=CC3=O)C3=CCNC(N)=C3)[C@H](O)[C@H]2O)c2c1C(=O)c1c3c(c(CNC(N)=NC)c(O)c1C2=O)C[C@@H](C1=CNC(N)C=C1)[C@H](CCO)CC3. The number of aromatic hydroxyl groups is 1. The number of nitrogens with two attached hydrogens (primary N) is 3. The number of ether oxygens (including phenoxy) is 3. The van der Waals surface area contributed by atoms with Crippen molar-refractivity contribution in [2.75, 3.05) is 33.9 Å². The number of allylic oxidation sites excluding steroid dienone is 3. The summed E-state index contributed by atoms with van der Waals surface area (Å²) >= 11 is 0. The summed E-state index contributed by atoms with van der Waals surface area (Å²) in [6, 6.07) is 1.19. The number of hydrogen-bond acceptors (Lipinski definition) is 20. The third-order valence-electron chi connectivity index (χ3n) is 14.9. The second-order valence-corrected chi connectivity index (χ2v) is 18.9. The number of phenols is 1. The highest BCUT2D eigenvalue weighted by molar-refractivity contribution is 6.31. The average Bonchev–Trinajstić information content (AvgIpc) is 3.56. The van der Waals surface area contributed by atoms with Crippen LogP contribution in [0, 0.1) is 17.8 Å². The first kappa shape index (κ1) is 52.6. The summed E-state index contributed by atoms with van der Waals surface area (Å²) in [5.41, 5.74) is 16.5. The van der Waals surface area contributed by atoms with Crippen LogP contribution in [0.5, 0.6) is 17.2 Å². The lowest BCUT2D eigenvalue weighted by Crippen LogP contribution is -2.77. The Hall–Kier alpha value is -6.67. The number of ketones is 2. The van der Waals surface area contributed by atoms with E-state index in [2.05, 4.69) is 20.9 Å². The molecule has 1 saturated heterocycles. The Labute approximate surface area is 419 Å². The number of nitrogens with one attached hydrogen (secondary N) is 3. The van der Waals surface area contributed by atoms with Gasteiger partial charge in [0, 0.05) is 85.9 Å². The molecule has 73 heavy (non-hydrogen) atoms. The molecule has 4 aliphatic heterocycles. The highest BCUT2D eigenvalue weighted by Crippen LogP contribution is 2.50. The summed E-state index contributed by atoms with van der Waals surface area (Å²) < 4.78 is 17.6. The highest BCUT2D eigenvalue weighted by atomic mass is 16.8. The zero-order valence-corrected chi connectivity index (χ0v) is 40.4. The Morgan fingerprint density at radius 2 is 1.74 bits per heavy atom. The number of benzene rings is 2. The van der Waals surface area contributed by atoms with E-state index in [9.17, 15) is 50.4 Å². The van der Waals surface area contributed by atoms with Gasteiger partial charge in [0.2, 0.25) is 18.4 Å². The predicted octanol–water partition coefficient (Wildman–Crippen LogP) is -2.35. The van der Waals surface area contributed by atoms with Crippen LogP contribution in [0.2, 0.25) is 0 Å². The fourth-order valence-corrected chi connectivity index (χ4v) is 11.0. The van der Waals surface area contributed by atoms with E-state index >= 15 is 9.59 Å². The molecule has 8 rings (SSSR count). The van der Waals surface area contributed by atoms with Gasteiger partial charge in [-0.05, 0) is 84.8 Å². The molecule has 1 fully saturated rings. The zero-order chi connectivity index (χ0) is 52.8. The number of carbonyl (C=O) groups is 4. The summed E-state index contributed by atoms with van der Waals surface area (Å²) in [5.74, 6) is -9.23. The lowest BCUT2D eigenvalue weighted by Gasteiger charge is -2.54. The van der Waals surface area contributed by atoms with Gasteiger partial charge in [-0.15, -0.1) is 0 Å². The molecule has 4 heterocycles. The number of amides is 2. The number of dihydropyridines is 2. The molecule has 2 amide bonds. The van der Waals surface area contributed by atoms with E-state index in [1.807, 2.05) is 12.3 Å². The molecular formula is C50H62N8O15. The molecule has 6 aliphatic rings. The summed E-state index contributed by atoms with van der Waals surface area (Å²) in [4.78, 5) is 61.2. The molecule has 1 unspecified atom stereocenters. The van der Waals surface area contributed by atoms with Crippen LogP contribution in [0.3, 0.4) is 0 Å². The van der Waals surface area contributed by atoms with Gasteiger partial charge in [0.05, 0.1) is 30.2 Å². The van der Waals surface area contributed by atoms with Crippen LogP contribution in [0.15, 0.2) is 70.7 Å². The molecule has 0 spiro atoms. The second-order valence-electron chi connectivity index (χ2n) is 18.9. The number of nitrogens with zero attached hydrogens (tertiary/aromatic N) is 2. The topological polar surface area (TPSA) is 388 Å². The summed E-state index contributed by atoms with van der Waals surface area (Å²) in [6.45, 7) is 1.10. The predicted molar refractivity (Wildman–Crippen MR) is 259 cm³/mol. The smallest absolute Gasteiger partial charge is 0.253 e.